The van der Waals surface area contributed by atoms with Crippen LogP contribution in [0.2, 0.25) is 13.0 Å². The zero-order valence-electron chi connectivity index (χ0n) is 25.9. The first-order valence-electron chi connectivity index (χ1n) is 14.4. The van der Waals surface area contributed by atoms with Gasteiger partial charge in [-0.1, -0.05) is 71.0 Å². The average molecular weight is 436 g/mol. The van der Waals surface area contributed by atoms with Crippen LogP contribution in [0.25, 0.3) is 27.3 Å². The lowest BCUT2D eigenvalue weighted by molar-refractivity contribution is -0.462. The molecule has 0 radical (unpaired) electrons. The standard InChI is InChI=1S/C28H37N2Si/c1-16(2)20-12-11-13-21-23-18(5)14-15-22-25(23)30-26(24(20)21)29(17(3)4)19(6)27(30)31(9,10)28(22,7)8/h11-17H,1-10H3/q+1/i5D3,9D3. The third-order valence-corrected chi connectivity index (χ3v) is 12.2. The zero-order valence-corrected chi connectivity index (χ0v) is 20.9. The van der Waals surface area contributed by atoms with Crippen molar-refractivity contribution in [2.24, 2.45) is 0 Å². The first-order valence-corrected chi connectivity index (χ1v) is 13.9. The van der Waals surface area contributed by atoms with Crippen LogP contribution in [0.15, 0.2) is 30.3 Å². The fourth-order valence-electron chi connectivity index (χ4n) is 5.99. The Kier molecular flexibility index (Phi) is 2.98. The molecule has 5 rings (SSSR count). The summed E-state index contributed by atoms with van der Waals surface area (Å²) in [6.07, 6.45) is 0. The summed E-state index contributed by atoms with van der Waals surface area (Å²) in [7, 11) is -3.26. The lowest BCUT2D eigenvalue weighted by Gasteiger charge is -2.41. The molecule has 4 aromatic rings. The number of aryl methyl sites for hydroxylation is 1. The molecule has 2 aromatic carbocycles. The molecule has 31 heavy (non-hydrogen) atoms. The van der Waals surface area contributed by atoms with E-state index in [0.717, 1.165) is 49.5 Å². The highest BCUT2D eigenvalue weighted by molar-refractivity contribution is 6.91. The molecule has 1 unspecified atom stereocenters. The van der Waals surface area contributed by atoms with Gasteiger partial charge in [0.25, 0.3) is 5.65 Å². The Morgan fingerprint density at radius 1 is 1.06 bits per heavy atom. The van der Waals surface area contributed by atoms with E-state index < -0.39 is 26.4 Å². The van der Waals surface area contributed by atoms with E-state index in [1.807, 2.05) is 24.7 Å². The van der Waals surface area contributed by atoms with Crippen LogP contribution in [0.5, 0.6) is 0 Å². The van der Waals surface area contributed by atoms with Gasteiger partial charge in [0.15, 0.2) is 0 Å². The van der Waals surface area contributed by atoms with Crippen molar-refractivity contribution in [2.45, 2.75) is 85.3 Å². The van der Waals surface area contributed by atoms with Crippen LogP contribution < -0.4 is 9.72 Å². The van der Waals surface area contributed by atoms with E-state index in [1.165, 1.54) is 0 Å². The van der Waals surface area contributed by atoms with Gasteiger partial charge in [-0.15, -0.1) is 0 Å². The number of pyridine rings is 1. The van der Waals surface area contributed by atoms with Gasteiger partial charge in [0.2, 0.25) is 0 Å². The minimum atomic E-state index is -3.26. The number of nitrogens with zero attached hydrogens (tertiary/aromatic N) is 2. The van der Waals surface area contributed by atoms with Gasteiger partial charge in [-0.3, -0.25) is 0 Å². The number of imidazole rings is 1. The van der Waals surface area contributed by atoms with E-state index in [2.05, 4.69) is 63.5 Å². The molecule has 1 aliphatic rings. The van der Waals surface area contributed by atoms with Gasteiger partial charge in [-0.2, -0.15) is 4.40 Å². The summed E-state index contributed by atoms with van der Waals surface area (Å²) in [5, 5.41) is 2.91. The summed E-state index contributed by atoms with van der Waals surface area (Å²) >= 11 is 0. The number of aromatic nitrogens is 2. The first kappa shape index (κ1) is 14.8. The van der Waals surface area contributed by atoms with E-state index in [0.29, 0.717) is 5.56 Å². The Morgan fingerprint density at radius 3 is 2.42 bits per heavy atom. The van der Waals surface area contributed by atoms with Gasteiger partial charge < -0.3 is 0 Å². The van der Waals surface area contributed by atoms with Crippen molar-refractivity contribution in [1.82, 2.24) is 4.57 Å². The second-order valence-electron chi connectivity index (χ2n) is 10.6. The summed E-state index contributed by atoms with van der Waals surface area (Å²) in [5.74, 6) is 0.203. The Balaban J connectivity index is 2.30. The van der Waals surface area contributed by atoms with Crippen LogP contribution in [0.1, 0.15) is 84.1 Å². The quantitative estimate of drug-likeness (QED) is 0.191. The number of hydrogen-bond acceptors (Lipinski definition) is 0. The van der Waals surface area contributed by atoms with Crippen LogP contribution in [0.3, 0.4) is 0 Å². The number of rotatable bonds is 2. The van der Waals surface area contributed by atoms with E-state index >= 15 is 0 Å². The monoisotopic (exact) mass is 435 g/mol. The lowest BCUT2D eigenvalue weighted by Crippen LogP contribution is -2.68. The molecule has 0 spiro atoms. The van der Waals surface area contributed by atoms with E-state index in [1.54, 1.807) is 6.07 Å². The summed E-state index contributed by atoms with van der Waals surface area (Å²) in [5.41, 5.74) is 5.21. The number of fused-ring (bicyclic) bond motifs is 3. The fourth-order valence-corrected chi connectivity index (χ4v) is 8.83. The lowest BCUT2D eigenvalue weighted by atomic mass is 9.90. The molecule has 162 valence electrons. The SMILES string of the molecule is [2H]C([2H])([2H])c1ccc2c3c1c1cccc(C(C)C)c1c1n(C(C)C)c(C)c([n+]31)[Si](C)(C([2H])([2H])[2H])C2(C)C. The third-order valence-electron chi connectivity index (χ3n) is 7.89. The maximum absolute atomic E-state index is 8.89. The first-order chi connectivity index (χ1) is 16.9. The van der Waals surface area contributed by atoms with Crippen molar-refractivity contribution < 1.29 is 12.6 Å². The Morgan fingerprint density at radius 2 is 1.81 bits per heavy atom. The molecule has 0 aliphatic carbocycles. The molecule has 0 saturated carbocycles. The van der Waals surface area contributed by atoms with Crippen molar-refractivity contribution in [3.05, 3.63) is 52.7 Å². The van der Waals surface area contributed by atoms with E-state index in [-0.39, 0.29) is 12.0 Å². The zero-order chi connectivity index (χ0) is 27.6. The molecule has 1 atom stereocenters. The molecular weight excluding hydrogens is 392 g/mol. The molecule has 0 saturated heterocycles. The second-order valence-corrected chi connectivity index (χ2v) is 14.6. The Bertz CT molecular complexity index is 1610. The minimum Gasteiger partial charge on any atom is -0.225 e. The van der Waals surface area contributed by atoms with E-state index in [4.69, 9.17) is 8.22 Å². The molecule has 2 nitrogen and oxygen atoms in total. The summed E-state index contributed by atoms with van der Waals surface area (Å²) in [6.45, 7) is 12.3. The summed E-state index contributed by atoms with van der Waals surface area (Å²) in [4.78, 5) is 0. The minimum absolute atomic E-state index is 0.0925. The van der Waals surface area contributed by atoms with Crippen molar-refractivity contribution in [3.63, 3.8) is 0 Å². The maximum Gasteiger partial charge on any atom is 0.295 e. The number of hydrogen-bond donors (Lipinski definition) is 0. The summed E-state index contributed by atoms with van der Waals surface area (Å²) in [6, 6.07) is 9.92. The van der Waals surface area contributed by atoms with E-state index in [9.17, 15) is 0 Å². The van der Waals surface area contributed by atoms with Crippen LogP contribution in [-0.2, 0) is 5.04 Å². The molecule has 0 N–H and O–H groups in total. The van der Waals surface area contributed by atoms with Crippen LogP contribution >= 0.6 is 0 Å². The van der Waals surface area contributed by atoms with Gasteiger partial charge in [0.1, 0.15) is 24.6 Å². The predicted molar refractivity (Wildman–Crippen MR) is 137 cm³/mol. The Hall–Kier alpha value is -2.13. The van der Waals surface area contributed by atoms with Crippen molar-refractivity contribution >= 4 is 40.7 Å². The summed E-state index contributed by atoms with van der Waals surface area (Å²) < 4.78 is 56.5. The van der Waals surface area contributed by atoms with Crippen molar-refractivity contribution in [1.29, 1.82) is 0 Å². The largest absolute Gasteiger partial charge is 0.295 e. The van der Waals surface area contributed by atoms with Gasteiger partial charge in [-0.05, 0) is 42.8 Å². The fraction of sp³-hybridized carbons (Fsp3) is 0.464. The number of benzene rings is 2. The highest BCUT2D eigenvalue weighted by atomic mass is 28.3. The molecule has 3 heterocycles. The normalized spacial score (nSPS) is 23.9. The van der Waals surface area contributed by atoms with Gasteiger partial charge in [0, 0.05) is 31.5 Å². The topological polar surface area (TPSA) is 9.03 Å². The third kappa shape index (κ3) is 2.31. The molecular formula is C28H37N2Si+. The smallest absolute Gasteiger partial charge is 0.225 e. The van der Waals surface area contributed by atoms with Gasteiger partial charge >= 0.3 is 0 Å². The van der Waals surface area contributed by atoms with Crippen LogP contribution in [-0.4, -0.2) is 12.6 Å². The molecule has 0 amide bonds. The van der Waals surface area contributed by atoms with Crippen molar-refractivity contribution in [2.75, 3.05) is 0 Å². The molecule has 3 heteroatoms. The average Bonchev–Trinajstić information content (AvgIpc) is 3.08. The molecule has 1 aliphatic heterocycles. The second kappa shape index (κ2) is 6.22. The van der Waals surface area contributed by atoms with Gasteiger partial charge in [-0.25, -0.2) is 4.57 Å². The predicted octanol–water partition coefficient (Wildman–Crippen LogP) is 6.60. The Labute approximate surface area is 196 Å². The molecule has 0 fully saturated rings. The highest BCUT2D eigenvalue weighted by Crippen LogP contribution is 2.44. The molecule has 0 bridgehead atoms. The van der Waals surface area contributed by atoms with Crippen molar-refractivity contribution in [3.8, 4) is 0 Å². The maximum atomic E-state index is 8.89. The van der Waals surface area contributed by atoms with Crippen LogP contribution in [0.4, 0.5) is 0 Å². The van der Waals surface area contributed by atoms with Gasteiger partial charge in [0.05, 0.1) is 11.4 Å². The van der Waals surface area contributed by atoms with Crippen LogP contribution in [0, 0.1) is 13.8 Å². The highest BCUT2D eigenvalue weighted by Gasteiger charge is 2.54. The molecule has 2 aromatic heterocycles.